The van der Waals surface area contributed by atoms with Crippen LogP contribution in [0.5, 0.6) is 0 Å². The first-order chi connectivity index (χ1) is 10.6. The molecule has 0 aromatic heterocycles. The van der Waals surface area contributed by atoms with Crippen LogP contribution < -0.4 is 4.72 Å². The minimum atomic E-state index is -4.19. The van der Waals surface area contributed by atoms with Gasteiger partial charge in [0.25, 0.3) is 5.69 Å². The van der Waals surface area contributed by atoms with Crippen LogP contribution in [-0.4, -0.2) is 54.5 Å². The molecule has 1 heterocycles. The normalized spacial score (nSPS) is 21.4. The van der Waals surface area contributed by atoms with E-state index in [4.69, 9.17) is 0 Å². The highest BCUT2D eigenvalue weighted by Crippen LogP contribution is 2.23. The van der Waals surface area contributed by atoms with E-state index < -0.39 is 43.6 Å². The van der Waals surface area contributed by atoms with Crippen LogP contribution in [0.1, 0.15) is 13.3 Å². The molecule has 2 rings (SSSR count). The van der Waals surface area contributed by atoms with Crippen LogP contribution >= 0.6 is 0 Å². The fourth-order valence-electron chi connectivity index (χ4n) is 2.34. The van der Waals surface area contributed by atoms with Crippen molar-refractivity contribution in [3.63, 3.8) is 0 Å². The highest BCUT2D eigenvalue weighted by molar-refractivity contribution is 7.89. The standard InChI is InChI=1S/C13H17N3O6S/c1-13(18)6-7-15(9-13)12(17)8-14-23(21,22)11-5-3-2-4-10(11)16(19)20/h2-5,14,18H,6-9H2,1H3/t13-/m0/s1. The highest BCUT2D eigenvalue weighted by Gasteiger charge is 2.34. The molecule has 0 radical (unpaired) electrons. The summed E-state index contributed by atoms with van der Waals surface area (Å²) >= 11 is 0. The molecular formula is C13H17N3O6S. The topological polar surface area (TPSA) is 130 Å². The predicted molar refractivity (Wildman–Crippen MR) is 80.1 cm³/mol. The summed E-state index contributed by atoms with van der Waals surface area (Å²) in [6, 6.07) is 4.90. The zero-order valence-corrected chi connectivity index (χ0v) is 13.2. The Labute approximate surface area is 133 Å². The van der Waals surface area contributed by atoms with Crippen molar-refractivity contribution in [3.05, 3.63) is 34.4 Å². The Bertz CT molecular complexity index is 731. The lowest BCUT2D eigenvalue weighted by molar-refractivity contribution is -0.387. The van der Waals surface area contributed by atoms with Gasteiger partial charge in [-0.05, 0) is 19.4 Å². The smallest absolute Gasteiger partial charge is 0.289 e. The fourth-order valence-corrected chi connectivity index (χ4v) is 3.48. The summed E-state index contributed by atoms with van der Waals surface area (Å²) in [6.45, 7) is 1.53. The van der Waals surface area contributed by atoms with Gasteiger partial charge >= 0.3 is 0 Å². The Balaban J connectivity index is 2.08. The molecule has 0 spiro atoms. The Morgan fingerprint density at radius 3 is 2.70 bits per heavy atom. The monoisotopic (exact) mass is 343 g/mol. The molecule has 0 saturated carbocycles. The lowest BCUT2D eigenvalue weighted by atomic mass is 10.1. The van der Waals surface area contributed by atoms with Gasteiger partial charge in [0.2, 0.25) is 15.9 Å². The van der Waals surface area contributed by atoms with Crippen LogP contribution in [0.4, 0.5) is 5.69 Å². The Morgan fingerprint density at radius 1 is 1.48 bits per heavy atom. The van der Waals surface area contributed by atoms with Crippen LogP contribution in [0.15, 0.2) is 29.2 Å². The van der Waals surface area contributed by atoms with Crippen LogP contribution in [0.3, 0.4) is 0 Å². The van der Waals surface area contributed by atoms with Crippen molar-refractivity contribution in [2.75, 3.05) is 19.6 Å². The second-order valence-electron chi connectivity index (χ2n) is 5.61. The van der Waals surface area contributed by atoms with E-state index in [1.165, 1.54) is 17.0 Å². The number of hydrogen-bond donors (Lipinski definition) is 2. The summed E-state index contributed by atoms with van der Waals surface area (Å²) in [5.41, 5.74) is -1.54. The molecule has 1 fully saturated rings. The quantitative estimate of drug-likeness (QED) is 0.565. The van der Waals surface area contributed by atoms with Crippen molar-refractivity contribution in [1.82, 2.24) is 9.62 Å². The third kappa shape index (κ3) is 4.03. The van der Waals surface area contributed by atoms with Crippen molar-refractivity contribution >= 4 is 21.6 Å². The first-order valence-corrected chi connectivity index (χ1v) is 8.34. The number of β-amino-alcohol motifs (C(OH)–C–C–N with tert-alkyl or cyclic N) is 1. The number of para-hydroxylation sites is 1. The first kappa shape index (κ1) is 17.3. The maximum atomic E-state index is 12.2. The number of rotatable bonds is 5. The predicted octanol–water partition coefficient (Wildman–Crippen LogP) is -0.144. The maximum Gasteiger partial charge on any atom is 0.289 e. The van der Waals surface area contributed by atoms with Gasteiger partial charge in [0.1, 0.15) is 0 Å². The number of sulfonamides is 1. The summed E-state index contributed by atoms with van der Waals surface area (Å²) < 4.78 is 26.4. The number of benzene rings is 1. The average Bonchev–Trinajstić information content (AvgIpc) is 2.85. The van der Waals surface area contributed by atoms with Gasteiger partial charge in [0.05, 0.1) is 17.1 Å². The molecule has 1 aromatic carbocycles. The number of aliphatic hydroxyl groups is 1. The first-order valence-electron chi connectivity index (χ1n) is 6.86. The van der Waals surface area contributed by atoms with Crippen molar-refractivity contribution in [1.29, 1.82) is 0 Å². The van der Waals surface area contributed by atoms with E-state index in [0.717, 1.165) is 12.1 Å². The lowest BCUT2D eigenvalue weighted by Crippen LogP contribution is -2.40. The van der Waals surface area contributed by atoms with Crippen molar-refractivity contribution < 1.29 is 23.2 Å². The van der Waals surface area contributed by atoms with Crippen molar-refractivity contribution in [2.24, 2.45) is 0 Å². The van der Waals surface area contributed by atoms with Gasteiger partial charge < -0.3 is 10.0 Å². The van der Waals surface area contributed by atoms with E-state index in [-0.39, 0.29) is 6.54 Å². The molecule has 0 bridgehead atoms. The number of amides is 1. The van der Waals surface area contributed by atoms with E-state index in [1.54, 1.807) is 6.92 Å². The number of likely N-dealkylation sites (tertiary alicyclic amines) is 1. The molecule has 0 unspecified atom stereocenters. The zero-order chi connectivity index (χ0) is 17.3. The second kappa shape index (κ2) is 6.22. The van der Waals surface area contributed by atoms with Gasteiger partial charge in [0.15, 0.2) is 4.90 Å². The summed E-state index contributed by atoms with van der Waals surface area (Å²) in [6.07, 6.45) is 0.412. The zero-order valence-electron chi connectivity index (χ0n) is 12.4. The van der Waals surface area contributed by atoms with Crippen LogP contribution in [0.25, 0.3) is 0 Å². The van der Waals surface area contributed by atoms with Crippen LogP contribution in [-0.2, 0) is 14.8 Å². The molecule has 1 aliphatic heterocycles. The number of hydrogen-bond acceptors (Lipinski definition) is 6. The number of nitro benzene ring substituents is 1. The number of nitrogens with zero attached hydrogens (tertiary/aromatic N) is 2. The Hall–Kier alpha value is -2.04. The molecule has 1 atom stereocenters. The molecule has 1 aromatic rings. The average molecular weight is 343 g/mol. The van der Waals surface area contributed by atoms with E-state index in [0.29, 0.717) is 13.0 Å². The molecule has 23 heavy (non-hydrogen) atoms. The fraction of sp³-hybridized carbons (Fsp3) is 0.462. The highest BCUT2D eigenvalue weighted by atomic mass is 32.2. The molecule has 2 N–H and O–H groups in total. The largest absolute Gasteiger partial charge is 0.388 e. The van der Waals surface area contributed by atoms with Gasteiger partial charge in [-0.3, -0.25) is 14.9 Å². The summed E-state index contributed by atoms with van der Waals surface area (Å²) in [7, 11) is -4.19. The number of nitrogens with one attached hydrogen (secondary N) is 1. The van der Waals surface area contributed by atoms with Crippen LogP contribution in [0, 0.1) is 10.1 Å². The van der Waals surface area contributed by atoms with Gasteiger partial charge in [-0.15, -0.1) is 0 Å². The third-order valence-electron chi connectivity index (χ3n) is 3.57. The SMILES string of the molecule is C[C@]1(O)CCN(C(=O)CNS(=O)(=O)c2ccccc2[N+](=O)[O-])C1. The number of carbonyl (C=O) groups excluding carboxylic acids is 1. The molecule has 10 heteroatoms. The molecule has 1 amide bonds. The van der Waals surface area contributed by atoms with E-state index in [1.807, 2.05) is 0 Å². The van der Waals surface area contributed by atoms with Gasteiger partial charge in [0, 0.05) is 19.2 Å². The number of nitro groups is 1. The minimum Gasteiger partial charge on any atom is -0.388 e. The van der Waals surface area contributed by atoms with Crippen molar-refractivity contribution in [3.8, 4) is 0 Å². The number of carbonyl (C=O) groups is 1. The van der Waals surface area contributed by atoms with Gasteiger partial charge in [-0.25, -0.2) is 13.1 Å². The third-order valence-corrected chi connectivity index (χ3v) is 5.02. The lowest BCUT2D eigenvalue weighted by Gasteiger charge is -2.19. The molecule has 1 saturated heterocycles. The summed E-state index contributed by atoms with van der Waals surface area (Å²) in [4.78, 5) is 22.9. The van der Waals surface area contributed by atoms with Crippen molar-refractivity contribution in [2.45, 2.75) is 23.8 Å². The summed E-state index contributed by atoms with van der Waals surface area (Å²) in [5, 5.41) is 20.7. The van der Waals surface area contributed by atoms with E-state index in [2.05, 4.69) is 4.72 Å². The molecule has 9 nitrogen and oxygen atoms in total. The summed E-state index contributed by atoms with van der Waals surface area (Å²) in [5.74, 6) is -0.495. The Morgan fingerprint density at radius 2 is 2.13 bits per heavy atom. The van der Waals surface area contributed by atoms with Gasteiger partial charge in [-0.2, -0.15) is 0 Å². The van der Waals surface area contributed by atoms with E-state index >= 15 is 0 Å². The molecular weight excluding hydrogens is 326 g/mol. The second-order valence-corrected chi connectivity index (χ2v) is 7.35. The minimum absolute atomic E-state index is 0.124. The molecule has 126 valence electrons. The Kier molecular flexibility index (Phi) is 4.68. The molecule has 0 aliphatic carbocycles. The molecule has 1 aliphatic rings. The maximum absolute atomic E-state index is 12.2. The van der Waals surface area contributed by atoms with Gasteiger partial charge in [-0.1, -0.05) is 12.1 Å². The van der Waals surface area contributed by atoms with E-state index in [9.17, 15) is 28.4 Å². The van der Waals surface area contributed by atoms with Crippen LogP contribution in [0.2, 0.25) is 0 Å².